The standard InChI is InChI=1S/C25H28ClFN2O3/c1-4-24-28-15-23(32-24)25(30)29-20(12-16(3)31-5-2)13-17-6-8-18(9-7-17)21-14-19(26)10-11-22(21)27/h6-8,10-11,14-15,18,20H,3-5,9,12-13H2,1-2H3,(H,29,30). The molecule has 170 valence electrons. The van der Waals surface area contributed by atoms with Gasteiger partial charge in [-0.15, -0.1) is 0 Å². The topological polar surface area (TPSA) is 64.4 Å². The summed E-state index contributed by atoms with van der Waals surface area (Å²) in [7, 11) is 0. The predicted octanol–water partition coefficient (Wildman–Crippen LogP) is 6.13. The molecule has 1 aromatic carbocycles. The van der Waals surface area contributed by atoms with Crippen molar-refractivity contribution < 1.29 is 18.3 Å². The van der Waals surface area contributed by atoms with Gasteiger partial charge in [0, 0.05) is 29.8 Å². The van der Waals surface area contributed by atoms with Crippen LogP contribution in [0.2, 0.25) is 5.02 Å². The number of nitrogens with one attached hydrogen (secondary N) is 1. The highest BCUT2D eigenvalue weighted by atomic mass is 35.5. The number of carbonyl (C=O) groups excluding carboxylic acids is 1. The van der Waals surface area contributed by atoms with Crippen molar-refractivity contribution >= 4 is 17.5 Å². The molecule has 1 aromatic heterocycles. The first-order chi connectivity index (χ1) is 15.4. The van der Waals surface area contributed by atoms with E-state index >= 15 is 0 Å². The fraction of sp³-hybridized carbons (Fsp3) is 0.360. The Labute approximate surface area is 193 Å². The van der Waals surface area contributed by atoms with Gasteiger partial charge >= 0.3 is 0 Å². The van der Waals surface area contributed by atoms with E-state index in [4.69, 9.17) is 20.8 Å². The molecule has 2 atom stereocenters. The lowest BCUT2D eigenvalue weighted by Gasteiger charge is -2.23. The summed E-state index contributed by atoms with van der Waals surface area (Å²) >= 11 is 6.04. The molecule has 0 radical (unpaired) electrons. The van der Waals surface area contributed by atoms with Crippen LogP contribution in [0.15, 0.2) is 65.0 Å². The minimum Gasteiger partial charge on any atom is -0.499 e. The molecular formula is C25H28ClFN2O3. The number of rotatable bonds is 10. The van der Waals surface area contributed by atoms with Crippen LogP contribution in [0.5, 0.6) is 0 Å². The highest BCUT2D eigenvalue weighted by molar-refractivity contribution is 6.30. The third kappa shape index (κ3) is 6.33. The van der Waals surface area contributed by atoms with E-state index in [2.05, 4.69) is 23.0 Å². The molecule has 0 saturated heterocycles. The normalized spacial score (nSPS) is 16.4. The van der Waals surface area contributed by atoms with Gasteiger partial charge in [0.1, 0.15) is 5.82 Å². The van der Waals surface area contributed by atoms with Crippen LogP contribution < -0.4 is 5.32 Å². The molecule has 0 spiro atoms. The number of ether oxygens (including phenoxy) is 1. The number of aromatic nitrogens is 1. The van der Waals surface area contributed by atoms with Crippen LogP contribution >= 0.6 is 11.6 Å². The maximum Gasteiger partial charge on any atom is 0.288 e. The minimum absolute atomic E-state index is 0.0782. The zero-order valence-electron chi connectivity index (χ0n) is 18.4. The van der Waals surface area contributed by atoms with Gasteiger partial charge in [0.25, 0.3) is 5.91 Å². The van der Waals surface area contributed by atoms with Crippen molar-refractivity contribution in [1.29, 1.82) is 0 Å². The van der Waals surface area contributed by atoms with Gasteiger partial charge in [0.2, 0.25) is 5.76 Å². The van der Waals surface area contributed by atoms with E-state index in [0.717, 1.165) is 5.57 Å². The summed E-state index contributed by atoms with van der Waals surface area (Å²) in [5.74, 6) is 0.624. The molecule has 7 heteroatoms. The van der Waals surface area contributed by atoms with Gasteiger partial charge < -0.3 is 14.5 Å². The Kier molecular flexibility index (Phi) is 8.28. The Bertz CT molecular complexity index is 1030. The van der Waals surface area contributed by atoms with Gasteiger partial charge in [0.05, 0.1) is 18.6 Å². The van der Waals surface area contributed by atoms with Crippen LogP contribution in [0.25, 0.3) is 0 Å². The Balaban J connectivity index is 1.68. The second kappa shape index (κ2) is 11.1. The van der Waals surface area contributed by atoms with Crippen molar-refractivity contribution in [3.05, 3.63) is 88.6 Å². The summed E-state index contributed by atoms with van der Waals surface area (Å²) < 4.78 is 25.2. The van der Waals surface area contributed by atoms with Crippen molar-refractivity contribution in [2.45, 2.75) is 51.5 Å². The first-order valence-electron chi connectivity index (χ1n) is 10.8. The first-order valence-corrected chi connectivity index (χ1v) is 11.2. The molecule has 1 N–H and O–H groups in total. The molecule has 1 heterocycles. The van der Waals surface area contributed by atoms with Gasteiger partial charge in [-0.3, -0.25) is 4.79 Å². The Morgan fingerprint density at radius 2 is 2.25 bits per heavy atom. The molecule has 1 aliphatic rings. The second-order valence-corrected chi connectivity index (χ2v) is 8.10. The Morgan fingerprint density at radius 1 is 1.44 bits per heavy atom. The fourth-order valence-electron chi connectivity index (χ4n) is 3.68. The average molecular weight is 459 g/mol. The highest BCUT2D eigenvalue weighted by Gasteiger charge is 2.21. The quantitative estimate of drug-likeness (QED) is 0.435. The summed E-state index contributed by atoms with van der Waals surface area (Å²) in [4.78, 5) is 16.8. The van der Waals surface area contributed by atoms with Crippen molar-refractivity contribution in [2.75, 3.05) is 6.61 Å². The van der Waals surface area contributed by atoms with E-state index in [1.54, 1.807) is 12.1 Å². The van der Waals surface area contributed by atoms with E-state index in [-0.39, 0.29) is 29.4 Å². The molecule has 2 unspecified atom stereocenters. The third-order valence-corrected chi connectivity index (χ3v) is 5.49. The number of carbonyl (C=O) groups is 1. The molecular weight excluding hydrogens is 431 g/mol. The number of oxazole rings is 1. The van der Waals surface area contributed by atoms with Crippen LogP contribution in [0, 0.1) is 5.82 Å². The molecule has 5 nitrogen and oxygen atoms in total. The van der Waals surface area contributed by atoms with E-state index in [1.165, 1.54) is 12.3 Å². The molecule has 1 amide bonds. The van der Waals surface area contributed by atoms with Gasteiger partial charge in [0.15, 0.2) is 5.89 Å². The lowest BCUT2D eigenvalue weighted by atomic mass is 9.88. The van der Waals surface area contributed by atoms with Gasteiger partial charge in [-0.25, -0.2) is 9.37 Å². The zero-order chi connectivity index (χ0) is 23.1. The van der Waals surface area contributed by atoms with Gasteiger partial charge in [-0.1, -0.05) is 48.9 Å². The molecule has 0 bridgehead atoms. The SMILES string of the molecule is C=C(CC(CC1=CCC(c2cc(Cl)ccc2F)C=C1)NC(=O)c1cnc(CC)o1)OCC. The monoisotopic (exact) mass is 458 g/mol. The van der Waals surface area contributed by atoms with Crippen molar-refractivity contribution in [3.8, 4) is 0 Å². The summed E-state index contributed by atoms with van der Waals surface area (Å²) in [5.41, 5.74) is 1.63. The van der Waals surface area contributed by atoms with Gasteiger partial charge in [-0.05, 0) is 43.5 Å². The van der Waals surface area contributed by atoms with Crippen molar-refractivity contribution in [3.63, 3.8) is 0 Å². The van der Waals surface area contributed by atoms with Crippen LogP contribution in [-0.2, 0) is 11.2 Å². The first kappa shape index (κ1) is 23.8. The smallest absolute Gasteiger partial charge is 0.288 e. The molecule has 32 heavy (non-hydrogen) atoms. The number of hydrogen-bond acceptors (Lipinski definition) is 4. The number of nitrogens with zero attached hydrogens (tertiary/aromatic N) is 1. The van der Waals surface area contributed by atoms with E-state index in [1.807, 2.05) is 26.0 Å². The molecule has 3 rings (SSSR count). The van der Waals surface area contributed by atoms with Crippen molar-refractivity contribution in [1.82, 2.24) is 10.3 Å². The molecule has 1 aliphatic carbocycles. The highest BCUT2D eigenvalue weighted by Crippen LogP contribution is 2.31. The van der Waals surface area contributed by atoms with Crippen LogP contribution in [0.1, 0.15) is 61.0 Å². The fourth-order valence-corrected chi connectivity index (χ4v) is 3.86. The largest absolute Gasteiger partial charge is 0.499 e. The predicted molar refractivity (Wildman–Crippen MR) is 123 cm³/mol. The zero-order valence-corrected chi connectivity index (χ0v) is 19.1. The summed E-state index contributed by atoms with van der Waals surface area (Å²) in [6, 6.07) is 4.36. The van der Waals surface area contributed by atoms with E-state index in [9.17, 15) is 9.18 Å². The Morgan fingerprint density at radius 3 is 2.91 bits per heavy atom. The van der Waals surface area contributed by atoms with Crippen LogP contribution in [0.4, 0.5) is 4.39 Å². The molecule has 0 aliphatic heterocycles. The number of aryl methyl sites for hydroxylation is 1. The number of allylic oxidation sites excluding steroid dienone is 3. The average Bonchev–Trinajstić information content (AvgIpc) is 3.26. The third-order valence-electron chi connectivity index (χ3n) is 5.25. The van der Waals surface area contributed by atoms with Crippen LogP contribution in [-0.4, -0.2) is 23.5 Å². The van der Waals surface area contributed by atoms with E-state index in [0.29, 0.717) is 54.5 Å². The Hall–Kier alpha value is -2.86. The lowest BCUT2D eigenvalue weighted by molar-refractivity contribution is 0.0902. The van der Waals surface area contributed by atoms with E-state index < -0.39 is 0 Å². The van der Waals surface area contributed by atoms with Crippen LogP contribution in [0.3, 0.4) is 0 Å². The molecule has 0 saturated carbocycles. The number of benzene rings is 1. The summed E-state index contributed by atoms with van der Waals surface area (Å²) in [5, 5.41) is 3.52. The number of hydrogen-bond donors (Lipinski definition) is 1. The molecule has 2 aromatic rings. The number of halogens is 2. The number of amides is 1. The maximum atomic E-state index is 14.2. The lowest BCUT2D eigenvalue weighted by Crippen LogP contribution is -2.35. The summed E-state index contributed by atoms with van der Waals surface area (Å²) in [6.07, 6.45) is 9.76. The summed E-state index contributed by atoms with van der Waals surface area (Å²) in [6.45, 7) is 8.25. The molecule has 0 fully saturated rings. The van der Waals surface area contributed by atoms with Crippen molar-refractivity contribution in [2.24, 2.45) is 0 Å². The minimum atomic E-state index is -0.328. The van der Waals surface area contributed by atoms with Gasteiger partial charge in [-0.2, -0.15) is 0 Å². The maximum absolute atomic E-state index is 14.2. The second-order valence-electron chi connectivity index (χ2n) is 7.67.